The van der Waals surface area contributed by atoms with Crippen LogP contribution in [0.25, 0.3) is 0 Å². The molecule has 10 heavy (non-hydrogen) atoms. The Morgan fingerprint density at radius 1 is 1.60 bits per heavy atom. The van der Waals surface area contributed by atoms with Crippen LogP contribution in [0.3, 0.4) is 0 Å². The van der Waals surface area contributed by atoms with Gasteiger partial charge in [-0.25, -0.2) is 4.79 Å². The fraction of sp³-hybridized carbons (Fsp3) is 0.600. The van der Waals surface area contributed by atoms with Crippen LogP contribution in [0.2, 0.25) is 0 Å². The topological polar surface area (TPSA) is 46.6 Å². The smallest absolute Gasteiger partial charge is 0.431 e. The molecule has 0 saturated heterocycles. The number of imide groups is 1. The maximum atomic E-state index is 10.5. The highest BCUT2D eigenvalue weighted by atomic mass is 35.5. The number of amides is 2. The second-order valence-corrected chi connectivity index (χ2v) is 1.84. The zero-order valence-corrected chi connectivity index (χ0v) is 6.51. The van der Waals surface area contributed by atoms with E-state index in [-0.39, 0.29) is 6.61 Å². The van der Waals surface area contributed by atoms with Crippen LogP contribution in [-0.4, -0.2) is 23.0 Å². The van der Waals surface area contributed by atoms with Gasteiger partial charge in [-0.1, -0.05) is 0 Å². The Kier molecular flexibility index (Phi) is 3.79. The lowest BCUT2D eigenvalue weighted by atomic mass is 10.7. The van der Waals surface area contributed by atoms with Gasteiger partial charge in [-0.2, -0.15) is 4.42 Å². The van der Waals surface area contributed by atoms with Gasteiger partial charge in [0.1, 0.15) is 0 Å². The molecule has 0 unspecified atom stereocenters. The Bertz CT molecular complexity index is 148. The molecule has 0 spiro atoms. The third-order valence-electron chi connectivity index (χ3n) is 0.705. The maximum Gasteiger partial charge on any atom is 0.431 e. The molecule has 0 aromatic rings. The van der Waals surface area contributed by atoms with E-state index in [1.54, 1.807) is 6.92 Å². The molecule has 0 atom stereocenters. The largest absolute Gasteiger partial charge is 0.449 e. The maximum absolute atomic E-state index is 10.5. The third-order valence-corrected chi connectivity index (χ3v) is 1.08. The highest BCUT2D eigenvalue weighted by Gasteiger charge is 2.15. The fourth-order valence-electron chi connectivity index (χ4n) is 0.309. The van der Waals surface area contributed by atoms with E-state index < -0.39 is 12.0 Å². The van der Waals surface area contributed by atoms with Crippen molar-refractivity contribution in [2.45, 2.75) is 13.8 Å². The summed E-state index contributed by atoms with van der Waals surface area (Å²) in [5.41, 5.74) is 0. The summed E-state index contributed by atoms with van der Waals surface area (Å²) < 4.78 is 4.79. The van der Waals surface area contributed by atoms with Crippen molar-refractivity contribution >= 4 is 23.8 Å². The molecule has 0 aromatic heterocycles. The summed E-state index contributed by atoms with van der Waals surface area (Å²) in [6.07, 6.45) is -0.836. The fourth-order valence-corrected chi connectivity index (χ4v) is 0.357. The van der Waals surface area contributed by atoms with Crippen molar-refractivity contribution in [1.82, 2.24) is 4.42 Å². The van der Waals surface area contributed by atoms with Crippen LogP contribution in [0, 0.1) is 0 Å². The van der Waals surface area contributed by atoms with Gasteiger partial charge in [-0.05, 0) is 6.92 Å². The summed E-state index contributed by atoms with van der Waals surface area (Å²) in [5, 5.41) is 0. The molecule has 0 fully saturated rings. The van der Waals surface area contributed by atoms with Gasteiger partial charge < -0.3 is 4.74 Å². The average Bonchev–Trinajstić information content (AvgIpc) is 1.87. The number of hydrogen-bond donors (Lipinski definition) is 0. The first kappa shape index (κ1) is 9.23. The second-order valence-electron chi connectivity index (χ2n) is 1.50. The summed E-state index contributed by atoms with van der Waals surface area (Å²) >= 11 is 5.15. The average molecular weight is 166 g/mol. The van der Waals surface area contributed by atoms with Crippen molar-refractivity contribution in [2.24, 2.45) is 0 Å². The van der Waals surface area contributed by atoms with E-state index >= 15 is 0 Å². The third kappa shape index (κ3) is 2.68. The summed E-state index contributed by atoms with van der Waals surface area (Å²) in [5.74, 6) is -0.555. The predicted octanol–water partition coefficient (Wildman–Crippen LogP) is 1.15. The van der Waals surface area contributed by atoms with Crippen molar-refractivity contribution < 1.29 is 14.3 Å². The van der Waals surface area contributed by atoms with Gasteiger partial charge >= 0.3 is 6.09 Å². The lowest BCUT2D eigenvalue weighted by molar-refractivity contribution is -0.123. The standard InChI is InChI=1S/C5H8ClNO3/c1-3-10-5(9)7(6)4(2)8/h3H2,1-2H3. The van der Waals surface area contributed by atoms with E-state index in [0.717, 1.165) is 0 Å². The van der Waals surface area contributed by atoms with Crippen molar-refractivity contribution in [1.29, 1.82) is 0 Å². The summed E-state index contributed by atoms with van der Waals surface area (Å²) in [4.78, 5) is 20.9. The minimum absolute atomic E-state index is 0.204. The van der Waals surface area contributed by atoms with E-state index in [1.165, 1.54) is 6.92 Å². The highest BCUT2D eigenvalue weighted by Crippen LogP contribution is 1.98. The quantitative estimate of drug-likeness (QED) is 0.548. The van der Waals surface area contributed by atoms with Crippen LogP contribution >= 0.6 is 11.8 Å². The normalized spacial score (nSPS) is 8.70. The lowest BCUT2D eigenvalue weighted by Gasteiger charge is -2.07. The van der Waals surface area contributed by atoms with Gasteiger partial charge in [0.2, 0.25) is 5.91 Å². The molecule has 0 rings (SSSR count). The Hall–Kier alpha value is -0.770. The molecule has 0 bridgehead atoms. The van der Waals surface area contributed by atoms with Crippen LogP contribution in [0.15, 0.2) is 0 Å². The van der Waals surface area contributed by atoms with Gasteiger partial charge in [0.05, 0.1) is 6.61 Å². The molecule has 0 radical (unpaired) electrons. The second kappa shape index (κ2) is 4.11. The number of nitrogens with zero attached hydrogens (tertiary/aromatic N) is 1. The van der Waals surface area contributed by atoms with E-state index in [1.807, 2.05) is 0 Å². The molecule has 4 nitrogen and oxygen atoms in total. The Labute approximate surface area is 63.8 Å². The number of halogens is 1. The molecular formula is C5H8ClNO3. The number of rotatable bonds is 1. The monoisotopic (exact) mass is 165 g/mol. The van der Waals surface area contributed by atoms with Gasteiger partial charge in [-0.3, -0.25) is 4.79 Å². The predicted molar refractivity (Wildman–Crippen MR) is 35.4 cm³/mol. The molecule has 0 saturated carbocycles. The molecule has 58 valence electrons. The van der Waals surface area contributed by atoms with Crippen molar-refractivity contribution in [3.8, 4) is 0 Å². The molecule has 0 heterocycles. The Morgan fingerprint density at radius 2 is 2.10 bits per heavy atom. The van der Waals surface area contributed by atoms with Crippen molar-refractivity contribution in [2.75, 3.05) is 6.61 Å². The SMILES string of the molecule is CCOC(=O)N(Cl)C(C)=O. The van der Waals surface area contributed by atoms with E-state index in [9.17, 15) is 9.59 Å². The summed E-state index contributed by atoms with van der Waals surface area (Å²) in [7, 11) is 0. The van der Waals surface area contributed by atoms with Gasteiger partial charge in [0.25, 0.3) is 0 Å². The van der Waals surface area contributed by atoms with Gasteiger partial charge in [-0.15, -0.1) is 0 Å². The van der Waals surface area contributed by atoms with E-state index in [4.69, 9.17) is 11.8 Å². The first-order valence-electron chi connectivity index (χ1n) is 2.72. The lowest BCUT2D eigenvalue weighted by Crippen LogP contribution is -2.26. The first-order chi connectivity index (χ1) is 4.59. The van der Waals surface area contributed by atoms with E-state index in [0.29, 0.717) is 4.42 Å². The van der Waals surface area contributed by atoms with Crippen LogP contribution in [0.5, 0.6) is 0 Å². The molecule has 0 aliphatic heterocycles. The molecular weight excluding hydrogens is 158 g/mol. The zero-order chi connectivity index (χ0) is 8.15. The van der Waals surface area contributed by atoms with Crippen LogP contribution in [0.4, 0.5) is 4.79 Å². The number of carbonyl (C=O) groups is 2. The van der Waals surface area contributed by atoms with Crippen molar-refractivity contribution in [3.63, 3.8) is 0 Å². The molecule has 5 heteroatoms. The Balaban J connectivity index is 3.82. The summed E-state index contributed by atoms with van der Waals surface area (Å²) in [6, 6.07) is 0. The van der Waals surface area contributed by atoms with Crippen LogP contribution in [-0.2, 0) is 9.53 Å². The molecule has 0 aliphatic rings. The van der Waals surface area contributed by atoms with E-state index in [2.05, 4.69) is 4.74 Å². The number of hydrogen-bond acceptors (Lipinski definition) is 3. The minimum Gasteiger partial charge on any atom is -0.449 e. The molecule has 0 aromatic carbocycles. The minimum atomic E-state index is -0.836. The molecule has 2 amide bonds. The van der Waals surface area contributed by atoms with Crippen LogP contribution in [0.1, 0.15) is 13.8 Å². The highest BCUT2D eigenvalue weighted by molar-refractivity contribution is 6.28. The van der Waals surface area contributed by atoms with Crippen molar-refractivity contribution in [3.05, 3.63) is 0 Å². The number of carbonyl (C=O) groups excluding carboxylic acids is 2. The zero-order valence-electron chi connectivity index (χ0n) is 5.76. The van der Waals surface area contributed by atoms with Gasteiger partial charge in [0.15, 0.2) is 0 Å². The Morgan fingerprint density at radius 3 is 2.40 bits per heavy atom. The number of ether oxygens (including phenoxy) is 1. The molecule has 0 N–H and O–H groups in total. The molecule has 0 aliphatic carbocycles. The summed E-state index contributed by atoms with van der Waals surface area (Å²) in [6.45, 7) is 3.00. The van der Waals surface area contributed by atoms with Gasteiger partial charge in [0, 0.05) is 18.7 Å². The first-order valence-corrected chi connectivity index (χ1v) is 3.06. The van der Waals surface area contributed by atoms with Crippen LogP contribution < -0.4 is 0 Å².